The van der Waals surface area contributed by atoms with Gasteiger partial charge >= 0.3 is 5.97 Å². The zero-order chi connectivity index (χ0) is 18.2. The number of hydrogen-bond acceptors (Lipinski definition) is 5. The minimum Gasteiger partial charge on any atom is -0.493 e. The second kappa shape index (κ2) is 9.27. The van der Waals surface area contributed by atoms with Gasteiger partial charge < -0.3 is 14.4 Å². The molecule has 0 radical (unpaired) electrons. The third-order valence-corrected chi connectivity index (χ3v) is 4.53. The van der Waals surface area contributed by atoms with Crippen LogP contribution in [0.3, 0.4) is 0 Å². The lowest BCUT2D eigenvalue weighted by Gasteiger charge is -2.10. The minimum atomic E-state index is -0.873. The Morgan fingerprint density at radius 1 is 1.40 bits per heavy atom. The number of allylic oxidation sites excluding steroid dienone is 1. The summed E-state index contributed by atoms with van der Waals surface area (Å²) >= 11 is 1.17. The number of benzene rings is 1. The summed E-state index contributed by atoms with van der Waals surface area (Å²) in [6.45, 7) is 8.96. The molecule has 0 saturated heterocycles. The first-order valence-electron chi connectivity index (χ1n) is 8.09. The van der Waals surface area contributed by atoms with Crippen LogP contribution in [0.4, 0.5) is 0 Å². The molecule has 0 aliphatic carbocycles. The molecule has 0 aliphatic heterocycles. The molecule has 0 fully saturated rings. The average molecular weight is 361 g/mol. The number of carboxylic acid groups (broad SMARTS) is 1. The fourth-order valence-electron chi connectivity index (χ4n) is 2.32. The van der Waals surface area contributed by atoms with E-state index in [9.17, 15) is 4.79 Å². The number of carbonyl (C=O) groups is 1. The van der Waals surface area contributed by atoms with Gasteiger partial charge in [0.25, 0.3) is 0 Å². The maximum Gasteiger partial charge on any atom is 0.313 e. The molecule has 0 bridgehead atoms. The van der Waals surface area contributed by atoms with Crippen LogP contribution in [0, 0.1) is 13.8 Å². The predicted octanol–water partition coefficient (Wildman–Crippen LogP) is 3.27. The van der Waals surface area contributed by atoms with Crippen molar-refractivity contribution in [2.24, 2.45) is 0 Å². The summed E-state index contributed by atoms with van der Waals surface area (Å²) in [7, 11) is 0. The highest BCUT2D eigenvalue weighted by atomic mass is 32.2. The maximum absolute atomic E-state index is 10.7. The van der Waals surface area contributed by atoms with Gasteiger partial charge in [-0.3, -0.25) is 4.79 Å². The fourth-order valence-corrected chi connectivity index (χ4v) is 3.01. The maximum atomic E-state index is 10.7. The van der Waals surface area contributed by atoms with Gasteiger partial charge in [0.15, 0.2) is 5.16 Å². The normalized spacial score (nSPS) is 10.6. The lowest BCUT2D eigenvalue weighted by atomic mass is 10.1. The Morgan fingerprint density at radius 2 is 2.20 bits per heavy atom. The number of nitrogens with zero attached hydrogens (tertiary/aromatic N) is 3. The van der Waals surface area contributed by atoms with Crippen LogP contribution >= 0.6 is 11.8 Å². The molecule has 25 heavy (non-hydrogen) atoms. The molecule has 2 aromatic rings. The SMILES string of the molecule is C=CCn1c(CCCOc2cc(C)ccc2C)nnc1SCC(=O)O. The lowest BCUT2D eigenvalue weighted by Crippen LogP contribution is -2.08. The number of ether oxygens (including phenoxy) is 1. The van der Waals surface area contributed by atoms with E-state index in [1.165, 1.54) is 17.3 Å². The van der Waals surface area contributed by atoms with Crippen LogP contribution in [-0.4, -0.2) is 38.2 Å². The molecule has 1 heterocycles. The standard InChI is InChI=1S/C18H23N3O3S/c1-4-9-21-16(19-20-18(21)25-12-17(22)23)6-5-10-24-15-11-13(2)7-8-14(15)3/h4,7-8,11H,1,5-6,9-10,12H2,2-3H3,(H,22,23). The molecule has 0 spiro atoms. The van der Waals surface area contributed by atoms with Gasteiger partial charge in [-0.2, -0.15) is 0 Å². The van der Waals surface area contributed by atoms with E-state index in [1.807, 2.05) is 24.5 Å². The van der Waals surface area contributed by atoms with Gasteiger partial charge in [-0.15, -0.1) is 16.8 Å². The van der Waals surface area contributed by atoms with Crippen LogP contribution in [0.1, 0.15) is 23.4 Å². The number of aryl methyl sites for hydroxylation is 3. The molecule has 2 rings (SSSR count). The smallest absolute Gasteiger partial charge is 0.313 e. The summed E-state index contributed by atoms with van der Waals surface area (Å²) in [4.78, 5) is 10.7. The Bertz CT molecular complexity index is 743. The van der Waals surface area contributed by atoms with Gasteiger partial charge in [0, 0.05) is 13.0 Å². The van der Waals surface area contributed by atoms with Gasteiger partial charge in [0.2, 0.25) is 0 Å². The van der Waals surface area contributed by atoms with Crippen LogP contribution < -0.4 is 4.74 Å². The zero-order valence-electron chi connectivity index (χ0n) is 14.6. The van der Waals surface area contributed by atoms with E-state index < -0.39 is 5.97 Å². The molecule has 0 saturated carbocycles. The van der Waals surface area contributed by atoms with Crippen LogP contribution in [0.5, 0.6) is 5.75 Å². The van der Waals surface area contributed by atoms with Crippen molar-refractivity contribution in [3.63, 3.8) is 0 Å². The molecule has 1 N–H and O–H groups in total. The molecule has 1 aromatic heterocycles. The Morgan fingerprint density at radius 3 is 2.92 bits per heavy atom. The summed E-state index contributed by atoms with van der Waals surface area (Å²) < 4.78 is 7.77. The largest absolute Gasteiger partial charge is 0.493 e. The van der Waals surface area contributed by atoms with Crippen LogP contribution in [0.2, 0.25) is 0 Å². The van der Waals surface area contributed by atoms with Crippen molar-refractivity contribution in [1.82, 2.24) is 14.8 Å². The molecule has 6 nitrogen and oxygen atoms in total. The van der Waals surface area contributed by atoms with Gasteiger partial charge in [0.1, 0.15) is 11.6 Å². The summed E-state index contributed by atoms with van der Waals surface area (Å²) in [5.74, 6) is 0.814. The molecule has 1 aromatic carbocycles. The molecule has 0 amide bonds. The zero-order valence-corrected chi connectivity index (χ0v) is 15.4. The highest BCUT2D eigenvalue weighted by Crippen LogP contribution is 2.20. The molecule has 0 atom stereocenters. The minimum absolute atomic E-state index is 0.0367. The summed E-state index contributed by atoms with van der Waals surface area (Å²) in [6, 6.07) is 6.16. The lowest BCUT2D eigenvalue weighted by molar-refractivity contribution is -0.133. The van der Waals surface area contributed by atoms with Crippen molar-refractivity contribution in [3.8, 4) is 5.75 Å². The highest BCUT2D eigenvalue weighted by molar-refractivity contribution is 7.99. The molecule has 134 valence electrons. The summed E-state index contributed by atoms with van der Waals surface area (Å²) in [5.41, 5.74) is 2.29. The molecule has 0 aliphatic rings. The molecule has 7 heteroatoms. The predicted molar refractivity (Wildman–Crippen MR) is 98.3 cm³/mol. The number of thioether (sulfide) groups is 1. The third-order valence-electron chi connectivity index (χ3n) is 3.58. The fraction of sp³-hybridized carbons (Fsp3) is 0.389. The first kappa shape index (κ1) is 19.1. The van der Waals surface area contributed by atoms with Crippen molar-refractivity contribution in [2.45, 2.75) is 38.4 Å². The number of aromatic nitrogens is 3. The molecular weight excluding hydrogens is 338 g/mol. The van der Waals surface area contributed by atoms with Crippen LogP contribution in [0.15, 0.2) is 36.0 Å². The summed E-state index contributed by atoms with van der Waals surface area (Å²) in [6.07, 6.45) is 3.26. The number of rotatable bonds is 10. The number of aliphatic carboxylic acids is 1. The van der Waals surface area contributed by atoms with E-state index in [0.717, 1.165) is 23.6 Å². The second-order valence-electron chi connectivity index (χ2n) is 5.70. The van der Waals surface area contributed by atoms with Gasteiger partial charge in [-0.05, 0) is 37.5 Å². The topological polar surface area (TPSA) is 77.2 Å². The number of hydrogen-bond donors (Lipinski definition) is 1. The first-order valence-corrected chi connectivity index (χ1v) is 9.07. The van der Waals surface area contributed by atoms with Crippen LogP contribution in [0.25, 0.3) is 0 Å². The number of carboxylic acids is 1. The van der Waals surface area contributed by atoms with E-state index in [0.29, 0.717) is 24.7 Å². The van der Waals surface area contributed by atoms with E-state index in [2.05, 4.69) is 28.9 Å². The van der Waals surface area contributed by atoms with Crippen molar-refractivity contribution in [3.05, 3.63) is 47.8 Å². The van der Waals surface area contributed by atoms with Crippen molar-refractivity contribution in [1.29, 1.82) is 0 Å². The van der Waals surface area contributed by atoms with Crippen molar-refractivity contribution in [2.75, 3.05) is 12.4 Å². The van der Waals surface area contributed by atoms with E-state index in [1.54, 1.807) is 6.08 Å². The third kappa shape index (κ3) is 5.63. The Hall–Kier alpha value is -2.28. The van der Waals surface area contributed by atoms with E-state index >= 15 is 0 Å². The van der Waals surface area contributed by atoms with Gasteiger partial charge in [-0.25, -0.2) is 0 Å². The average Bonchev–Trinajstić information content (AvgIpc) is 2.95. The van der Waals surface area contributed by atoms with E-state index in [-0.39, 0.29) is 5.75 Å². The van der Waals surface area contributed by atoms with E-state index in [4.69, 9.17) is 9.84 Å². The second-order valence-corrected chi connectivity index (χ2v) is 6.64. The Balaban J connectivity index is 1.92. The van der Waals surface area contributed by atoms with Crippen LogP contribution in [-0.2, 0) is 17.8 Å². The Labute approximate surface area is 151 Å². The van der Waals surface area contributed by atoms with Gasteiger partial charge in [-0.1, -0.05) is 30.0 Å². The monoisotopic (exact) mass is 361 g/mol. The van der Waals surface area contributed by atoms with Gasteiger partial charge in [0.05, 0.1) is 12.4 Å². The molecular formula is C18H23N3O3S. The highest BCUT2D eigenvalue weighted by Gasteiger charge is 2.13. The quantitative estimate of drug-likeness (QED) is 0.398. The summed E-state index contributed by atoms with van der Waals surface area (Å²) in [5, 5.41) is 17.7. The van der Waals surface area contributed by atoms with Crippen molar-refractivity contribution < 1.29 is 14.6 Å². The Kier molecular flexibility index (Phi) is 7.06. The first-order chi connectivity index (χ1) is 12.0. The molecule has 0 unspecified atom stereocenters. The van der Waals surface area contributed by atoms with Crippen molar-refractivity contribution >= 4 is 17.7 Å².